The van der Waals surface area contributed by atoms with Crippen LogP contribution in [0.15, 0.2) is 36.8 Å². The molecule has 1 aromatic heterocycles. The molecule has 19 heavy (non-hydrogen) atoms. The molecule has 2 rings (SSSR count). The van der Waals surface area contributed by atoms with E-state index in [9.17, 15) is 13.2 Å². The molecule has 0 saturated heterocycles. The Kier molecular flexibility index (Phi) is 3.61. The zero-order chi connectivity index (χ0) is 14.0. The molecule has 1 aromatic carbocycles. The number of rotatable bonds is 3. The van der Waals surface area contributed by atoms with E-state index in [1.807, 2.05) is 13.2 Å². The van der Waals surface area contributed by atoms with Crippen LogP contribution in [-0.4, -0.2) is 16.6 Å². The van der Waals surface area contributed by atoms with Gasteiger partial charge in [-0.25, -0.2) is 4.98 Å². The maximum absolute atomic E-state index is 12.5. The van der Waals surface area contributed by atoms with Gasteiger partial charge in [-0.15, -0.1) is 0 Å². The van der Waals surface area contributed by atoms with Crippen molar-refractivity contribution < 1.29 is 13.2 Å². The van der Waals surface area contributed by atoms with Gasteiger partial charge in [0.05, 0.1) is 23.6 Å². The summed E-state index contributed by atoms with van der Waals surface area (Å²) in [6.07, 6.45) is -0.818. The number of aryl methyl sites for hydroxylation is 1. The molecule has 1 atom stereocenters. The first kappa shape index (κ1) is 13.6. The maximum Gasteiger partial charge on any atom is 0.416 e. The number of nitrogens with one attached hydrogen (secondary N) is 1. The summed E-state index contributed by atoms with van der Waals surface area (Å²) in [6.45, 7) is 0. The molecule has 0 bridgehead atoms. The molecule has 102 valence electrons. The minimum atomic E-state index is -4.31. The minimum absolute atomic E-state index is 0.219. The summed E-state index contributed by atoms with van der Waals surface area (Å²) in [5, 5.41) is 3.05. The van der Waals surface area contributed by atoms with Crippen LogP contribution in [0.2, 0.25) is 0 Å². The van der Waals surface area contributed by atoms with Gasteiger partial charge in [0.25, 0.3) is 0 Å². The van der Waals surface area contributed by atoms with Crippen LogP contribution in [0.25, 0.3) is 0 Å². The largest absolute Gasteiger partial charge is 0.416 e. The van der Waals surface area contributed by atoms with Crippen molar-refractivity contribution in [3.05, 3.63) is 53.6 Å². The normalized spacial score (nSPS) is 13.5. The average molecular weight is 269 g/mol. The van der Waals surface area contributed by atoms with E-state index < -0.39 is 11.7 Å². The SMILES string of the molecule is CNC(c1ccc(C(F)(F)F)cc1)c1cn(C)cn1. The van der Waals surface area contributed by atoms with Crippen LogP contribution >= 0.6 is 0 Å². The number of imidazole rings is 1. The number of halogens is 3. The number of nitrogens with zero attached hydrogens (tertiary/aromatic N) is 2. The lowest BCUT2D eigenvalue weighted by Gasteiger charge is -2.15. The highest BCUT2D eigenvalue weighted by Gasteiger charge is 2.30. The lowest BCUT2D eigenvalue weighted by Crippen LogP contribution is -2.18. The van der Waals surface area contributed by atoms with Gasteiger partial charge in [0.15, 0.2) is 0 Å². The van der Waals surface area contributed by atoms with Crippen LogP contribution in [0.4, 0.5) is 13.2 Å². The van der Waals surface area contributed by atoms with Crippen molar-refractivity contribution in [3.63, 3.8) is 0 Å². The Morgan fingerprint density at radius 1 is 1.21 bits per heavy atom. The molecule has 1 heterocycles. The molecule has 1 N–H and O–H groups in total. The lowest BCUT2D eigenvalue weighted by molar-refractivity contribution is -0.137. The molecular weight excluding hydrogens is 255 g/mol. The van der Waals surface area contributed by atoms with Crippen LogP contribution in [-0.2, 0) is 13.2 Å². The number of aromatic nitrogens is 2. The Labute approximate surface area is 109 Å². The Hall–Kier alpha value is -1.82. The van der Waals surface area contributed by atoms with E-state index in [0.717, 1.165) is 23.4 Å². The van der Waals surface area contributed by atoms with E-state index >= 15 is 0 Å². The maximum atomic E-state index is 12.5. The molecule has 6 heteroatoms. The second kappa shape index (κ2) is 5.05. The van der Waals surface area contributed by atoms with E-state index in [1.165, 1.54) is 12.1 Å². The number of benzene rings is 1. The zero-order valence-electron chi connectivity index (χ0n) is 10.6. The van der Waals surface area contributed by atoms with Crippen LogP contribution < -0.4 is 5.32 Å². The van der Waals surface area contributed by atoms with E-state index in [2.05, 4.69) is 10.3 Å². The molecule has 0 aliphatic heterocycles. The number of hydrogen-bond acceptors (Lipinski definition) is 2. The molecule has 0 amide bonds. The predicted molar refractivity (Wildman–Crippen MR) is 65.6 cm³/mol. The molecule has 2 aromatic rings. The molecular formula is C13H14F3N3. The van der Waals surface area contributed by atoms with Gasteiger partial charge in [-0.05, 0) is 24.7 Å². The molecule has 0 saturated carbocycles. The quantitative estimate of drug-likeness (QED) is 0.928. The van der Waals surface area contributed by atoms with E-state index in [-0.39, 0.29) is 6.04 Å². The third kappa shape index (κ3) is 2.96. The molecule has 0 aliphatic rings. The number of alkyl halides is 3. The summed E-state index contributed by atoms with van der Waals surface area (Å²) in [6, 6.07) is 4.89. The van der Waals surface area contributed by atoms with Crippen molar-refractivity contribution >= 4 is 0 Å². The fraction of sp³-hybridized carbons (Fsp3) is 0.308. The van der Waals surface area contributed by atoms with Gasteiger partial charge >= 0.3 is 6.18 Å². The average Bonchev–Trinajstić information content (AvgIpc) is 2.76. The van der Waals surface area contributed by atoms with Gasteiger partial charge in [0, 0.05) is 13.2 Å². The van der Waals surface area contributed by atoms with Crippen molar-refractivity contribution in [2.45, 2.75) is 12.2 Å². The second-order valence-corrected chi connectivity index (χ2v) is 4.31. The lowest BCUT2D eigenvalue weighted by atomic mass is 10.0. The highest BCUT2D eigenvalue weighted by Crippen LogP contribution is 2.30. The monoisotopic (exact) mass is 269 g/mol. The molecule has 0 radical (unpaired) electrons. The summed E-state index contributed by atoms with van der Waals surface area (Å²) in [5.41, 5.74) is 0.867. The van der Waals surface area contributed by atoms with E-state index in [1.54, 1.807) is 17.9 Å². The van der Waals surface area contributed by atoms with Gasteiger partial charge in [0.1, 0.15) is 0 Å². The Morgan fingerprint density at radius 2 is 1.84 bits per heavy atom. The fourth-order valence-corrected chi connectivity index (χ4v) is 1.93. The van der Waals surface area contributed by atoms with E-state index in [4.69, 9.17) is 0 Å². The third-order valence-electron chi connectivity index (χ3n) is 2.88. The number of hydrogen-bond donors (Lipinski definition) is 1. The summed E-state index contributed by atoms with van der Waals surface area (Å²) in [5.74, 6) is 0. The highest BCUT2D eigenvalue weighted by atomic mass is 19.4. The zero-order valence-corrected chi connectivity index (χ0v) is 10.6. The first-order chi connectivity index (χ1) is 8.91. The smallest absolute Gasteiger partial charge is 0.340 e. The minimum Gasteiger partial charge on any atom is -0.340 e. The fourth-order valence-electron chi connectivity index (χ4n) is 1.93. The summed E-state index contributed by atoms with van der Waals surface area (Å²) in [4.78, 5) is 4.21. The predicted octanol–water partition coefficient (Wildman–Crippen LogP) is 2.75. The molecule has 0 fully saturated rings. The Morgan fingerprint density at radius 3 is 2.26 bits per heavy atom. The highest BCUT2D eigenvalue weighted by molar-refractivity contribution is 5.31. The molecule has 1 unspecified atom stereocenters. The molecule has 0 spiro atoms. The standard InChI is InChI=1S/C13H14F3N3/c1-17-12(11-7-19(2)8-18-11)9-3-5-10(6-4-9)13(14,15)16/h3-8,12,17H,1-2H3. The van der Waals surface area contributed by atoms with Crippen LogP contribution in [0.5, 0.6) is 0 Å². The topological polar surface area (TPSA) is 29.9 Å². The van der Waals surface area contributed by atoms with Crippen LogP contribution in [0.1, 0.15) is 22.9 Å². The van der Waals surface area contributed by atoms with Gasteiger partial charge in [-0.3, -0.25) is 0 Å². The van der Waals surface area contributed by atoms with Gasteiger partial charge in [-0.1, -0.05) is 12.1 Å². The van der Waals surface area contributed by atoms with Gasteiger partial charge in [0.2, 0.25) is 0 Å². The first-order valence-electron chi connectivity index (χ1n) is 5.74. The Balaban J connectivity index is 2.30. The second-order valence-electron chi connectivity index (χ2n) is 4.31. The van der Waals surface area contributed by atoms with Crippen molar-refractivity contribution in [2.24, 2.45) is 7.05 Å². The molecule has 0 aliphatic carbocycles. The van der Waals surface area contributed by atoms with Crippen LogP contribution in [0.3, 0.4) is 0 Å². The van der Waals surface area contributed by atoms with E-state index in [0.29, 0.717) is 0 Å². The Bertz CT molecular complexity index is 543. The van der Waals surface area contributed by atoms with Gasteiger partial charge in [-0.2, -0.15) is 13.2 Å². The summed E-state index contributed by atoms with van der Waals surface area (Å²) >= 11 is 0. The summed E-state index contributed by atoms with van der Waals surface area (Å²) < 4.78 is 39.3. The van der Waals surface area contributed by atoms with Crippen molar-refractivity contribution in [2.75, 3.05) is 7.05 Å². The molecule has 3 nitrogen and oxygen atoms in total. The van der Waals surface area contributed by atoms with Crippen molar-refractivity contribution in [1.29, 1.82) is 0 Å². The summed E-state index contributed by atoms with van der Waals surface area (Å²) in [7, 11) is 3.59. The van der Waals surface area contributed by atoms with Crippen LogP contribution in [0, 0.1) is 0 Å². The van der Waals surface area contributed by atoms with Gasteiger partial charge < -0.3 is 9.88 Å². The third-order valence-corrected chi connectivity index (χ3v) is 2.88. The van der Waals surface area contributed by atoms with Crippen molar-refractivity contribution in [1.82, 2.24) is 14.9 Å². The first-order valence-corrected chi connectivity index (χ1v) is 5.74. The van der Waals surface area contributed by atoms with Crippen molar-refractivity contribution in [3.8, 4) is 0 Å².